The van der Waals surface area contributed by atoms with E-state index in [1.54, 1.807) is 36.6 Å². The number of nitrogens with one attached hydrogen (secondary N) is 1. The van der Waals surface area contributed by atoms with Crippen molar-refractivity contribution < 1.29 is 13.2 Å². The number of amides is 1. The number of aromatic nitrogens is 3. The summed E-state index contributed by atoms with van der Waals surface area (Å²) < 4.78 is 25.5. The lowest BCUT2D eigenvalue weighted by Crippen LogP contribution is -2.54. The number of carbonyl (C=O) groups is 1. The number of hydrogen-bond acceptors (Lipinski definition) is 7. The lowest BCUT2D eigenvalue weighted by molar-refractivity contribution is -0.120. The summed E-state index contributed by atoms with van der Waals surface area (Å²) in [5.74, 6) is 1.17. The fourth-order valence-electron chi connectivity index (χ4n) is 3.50. The molecule has 0 aliphatic carbocycles. The third kappa shape index (κ3) is 4.23. The number of anilines is 2. The van der Waals surface area contributed by atoms with Crippen LogP contribution in [0.4, 0.5) is 11.5 Å². The van der Waals surface area contributed by atoms with Gasteiger partial charge in [0.2, 0.25) is 15.9 Å². The molecule has 0 saturated carbocycles. The maximum atomic E-state index is 12.8. The van der Waals surface area contributed by atoms with Gasteiger partial charge in [-0.25, -0.2) is 23.1 Å². The Kier molecular flexibility index (Phi) is 5.85. The maximum Gasteiger partial charge on any atom is 0.249 e. The molecular weight excluding hydrogens is 392 g/mol. The summed E-state index contributed by atoms with van der Waals surface area (Å²) in [7, 11) is -1.62. The van der Waals surface area contributed by atoms with Crippen LogP contribution in [0.3, 0.4) is 0 Å². The van der Waals surface area contributed by atoms with Gasteiger partial charge in [0.05, 0.1) is 12.5 Å². The van der Waals surface area contributed by atoms with Crippen molar-refractivity contribution in [2.24, 2.45) is 0 Å². The molecule has 0 bridgehead atoms. The molecule has 0 spiro atoms. The first-order valence-electron chi connectivity index (χ1n) is 9.44. The lowest BCUT2D eigenvalue weighted by Gasteiger charge is -2.42. The highest BCUT2D eigenvalue weighted by molar-refractivity contribution is 7.88. The summed E-state index contributed by atoms with van der Waals surface area (Å²) in [5.41, 5.74) is 2.01. The number of carbonyl (C=O) groups excluding carboxylic acids is 1. The quantitative estimate of drug-likeness (QED) is 0.758. The summed E-state index contributed by atoms with van der Waals surface area (Å²) >= 11 is 0. The van der Waals surface area contributed by atoms with Gasteiger partial charge in [-0.05, 0) is 31.9 Å². The number of sulfonamides is 1. The molecule has 1 atom stereocenters. The van der Waals surface area contributed by atoms with E-state index >= 15 is 0 Å². The van der Waals surface area contributed by atoms with Crippen LogP contribution in [0.2, 0.25) is 0 Å². The molecule has 10 heteroatoms. The zero-order valence-corrected chi connectivity index (χ0v) is 18.1. The molecule has 0 aromatic carbocycles. The molecule has 1 N–H and O–H groups in total. The highest BCUT2D eigenvalue weighted by atomic mass is 32.2. The van der Waals surface area contributed by atoms with Crippen LogP contribution in [0.15, 0.2) is 24.7 Å². The molecule has 3 rings (SSSR count). The van der Waals surface area contributed by atoms with Gasteiger partial charge in [0, 0.05) is 37.6 Å². The van der Waals surface area contributed by atoms with Crippen LogP contribution in [-0.2, 0) is 21.4 Å². The fourth-order valence-corrected chi connectivity index (χ4v) is 3.92. The smallest absolute Gasteiger partial charge is 0.249 e. The van der Waals surface area contributed by atoms with Crippen LogP contribution in [0.1, 0.15) is 32.8 Å². The molecule has 0 fully saturated rings. The van der Waals surface area contributed by atoms with Crippen molar-refractivity contribution in [2.45, 2.75) is 45.8 Å². The van der Waals surface area contributed by atoms with Crippen LogP contribution < -0.4 is 14.5 Å². The van der Waals surface area contributed by atoms with Gasteiger partial charge < -0.3 is 9.80 Å². The molecule has 29 heavy (non-hydrogen) atoms. The first kappa shape index (κ1) is 21.1. The first-order valence-corrected chi connectivity index (χ1v) is 11.3. The highest BCUT2D eigenvalue weighted by Crippen LogP contribution is 2.37. The van der Waals surface area contributed by atoms with E-state index in [1.807, 2.05) is 25.7 Å². The molecular formula is C19H26N6O3S. The minimum absolute atomic E-state index is 0.0204. The third-order valence-electron chi connectivity index (χ3n) is 4.92. The monoisotopic (exact) mass is 418 g/mol. The van der Waals surface area contributed by atoms with Crippen molar-refractivity contribution in [1.29, 1.82) is 0 Å². The number of rotatable bonds is 6. The van der Waals surface area contributed by atoms with E-state index in [1.165, 1.54) is 0 Å². The van der Waals surface area contributed by atoms with Gasteiger partial charge >= 0.3 is 0 Å². The van der Waals surface area contributed by atoms with E-state index in [-0.39, 0.29) is 24.5 Å². The molecule has 156 valence electrons. The summed E-state index contributed by atoms with van der Waals surface area (Å²) in [4.78, 5) is 29.8. The molecule has 2 aromatic rings. The zero-order valence-electron chi connectivity index (χ0n) is 17.2. The molecule has 0 saturated heterocycles. The van der Waals surface area contributed by atoms with Gasteiger partial charge in [0.25, 0.3) is 0 Å². The summed E-state index contributed by atoms with van der Waals surface area (Å²) in [5, 5.41) is 0. The first-order chi connectivity index (χ1) is 13.6. The van der Waals surface area contributed by atoms with Gasteiger partial charge in [0.15, 0.2) is 11.6 Å². The molecule has 1 aliphatic heterocycles. The second kappa shape index (κ2) is 8.03. The molecule has 2 aromatic heterocycles. The molecule has 3 heterocycles. The minimum Gasteiger partial charge on any atom is -0.340 e. The van der Waals surface area contributed by atoms with E-state index in [2.05, 4.69) is 14.7 Å². The van der Waals surface area contributed by atoms with Crippen LogP contribution in [-0.4, -0.2) is 54.7 Å². The Morgan fingerprint density at radius 3 is 2.62 bits per heavy atom. The largest absolute Gasteiger partial charge is 0.340 e. The molecule has 0 radical (unpaired) electrons. The van der Waals surface area contributed by atoms with Gasteiger partial charge in [-0.1, -0.05) is 6.92 Å². The van der Waals surface area contributed by atoms with Crippen molar-refractivity contribution in [3.8, 4) is 11.4 Å². The normalized spacial score (nSPS) is 17.0. The Morgan fingerprint density at radius 1 is 1.28 bits per heavy atom. The average Bonchev–Trinajstić information content (AvgIpc) is 2.67. The van der Waals surface area contributed by atoms with Gasteiger partial charge in [-0.2, -0.15) is 0 Å². The highest BCUT2D eigenvalue weighted by Gasteiger charge is 2.38. The number of fused-ring (bicyclic) bond motifs is 1. The second-order valence-corrected chi connectivity index (χ2v) is 9.18. The van der Waals surface area contributed by atoms with Crippen LogP contribution in [0.5, 0.6) is 0 Å². The SMILES string of the molecule is CC[C@@H]1C(=O)N(C)c2cnc(-c3ccncc3CNS(C)(=O)=O)nc2N1C(C)C. The predicted molar refractivity (Wildman–Crippen MR) is 112 cm³/mol. The van der Waals surface area contributed by atoms with Gasteiger partial charge in [-0.15, -0.1) is 0 Å². The van der Waals surface area contributed by atoms with E-state index in [0.717, 1.165) is 6.26 Å². The van der Waals surface area contributed by atoms with Crippen molar-refractivity contribution in [1.82, 2.24) is 19.7 Å². The van der Waals surface area contributed by atoms with Crippen molar-refractivity contribution in [3.05, 3.63) is 30.2 Å². The molecule has 0 unspecified atom stereocenters. The number of nitrogens with zero attached hydrogens (tertiary/aromatic N) is 5. The lowest BCUT2D eigenvalue weighted by atomic mass is 10.0. The average molecular weight is 419 g/mol. The topological polar surface area (TPSA) is 108 Å². The standard InChI is InChI=1S/C19H26N6O3S/c1-6-15-19(26)24(4)16-11-21-17(23-18(16)25(15)12(2)3)14-7-8-20-9-13(14)10-22-29(5,27)28/h7-9,11-12,15,22H,6,10H2,1-5H3/t15-/m1/s1. The molecule has 1 amide bonds. The second-order valence-electron chi connectivity index (χ2n) is 7.35. The van der Waals surface area contributed by atoms with Crippen LogP contribution in [0.25, 0.3) is 11.4 Å². The summed E-state index contributed by atoms with van der Waals surface area (Å²) in [6, 6.07) is 1.54. The number of likely N-dealkylation sites (N-methyl/N-ethyl adjacent to an activating group) is 1. The van der Waals surface area contributed by atoms with Gasteiger partial charge in [0.1, 0.15) is 11.7 Å². The Labute approximate surface area is 171 Å². The van der Waals surface area contributed by atoms with Crippen molar-refractivity contribution in [3.63, 3.8) is 0 Å². The van der Waals surface area contributed by atoms with Crippen LogP contribution in [0, 0.1) is 0 Å². The number of pyridine rings is 1. The van der Waals surface area contributed by atoms with Crippen molar-refractivity contribution in [2.75, 3.05) is 23.1 Å². The van der Waals surface area contributed by atoms with Crippen LogP contribution >= 0.6 is 0 Å². The predicted octanol–water partition coefficient (Wildman–Crippen LogP) is 1.56. The summed E-state index contributed by atoms with van der Waals surface area (Å²) in [6.07, 6.45) is 6.63. The molecule has 9 nitrogen and oxygen atoms in total. The van der Waals surface area contributed by atoms with E-state index in [9.17, 15) is 13.2 Å². The van der Waals surface area contributed by atoms with E-state index in [0.29, 0.717) is 34.9 Å². The van der Waals surface area contributed by atoms with E-state index < -0.39 is 10.0 Å². The number of hydrogen-bond donors (Lipinski definition) is 1. The minimum atomic E-state index is -3.35. The zero-order chi connectivity index (χ0) is 21.3. The summed E-state index contributed by atoms with van der Waals surface area (Å²) in [6.45, 7) is 6.13. The Morgan fingerprint density at radius 2 is 2.00 bits per heavy atom. The molecule has 1 aliphatic rings. The Balaban J connectivity index is 2.10. The fraction of sp³-hybridized carbons (Fsp3) is 0.474. The van der Waals surface area contributed by atoms with Gasteiger partial charge in [-0.3, -0.25) is 9.78 Å². The van der Waals surface area contributed by atoms with Crippen molar-refractivity contribution >= 4 is 27.4 Å². The van der Waals surface area contributed by atoms with E-state index in [4.69, 9.17) is 4.98 Å². The Hall–Kier alpha value is -2.59. The maximum absolute atomic E-state index is 12.8. The third-order valence-corrected chi connectivity index (χ3v) is 5.59. The Bertz CT molecular complexity index is 1020.